The Bertz CT molecular complexity index is 506. The van der Waals surface area contributed by atoms with Crippen LogP contribution in [0.2, 0.25) is 0 Å². The maximum Gasteiger partial charge on any atom is 0.103 e. The van der Waals surface area contributed by atoms with Crippen LogP contribution in [0, 0.1) is 23.2 Å². The van der Waals surface area contributed by atoms with Crippen molar-refractivity contribution in [3.05, 3.63) is 23.8 Å². The first-order chi connectivity index (χ1) is 9.58. The molecule has 2 rings (SSSR count). The van der Waals surface area contributed by atoms with Gasteiger partial charge in [-0.05, 0) is 43.1 Å². The molecule has 1 aliphatic heterocycles. The van der Waals surface area contributed by atoms with Crippen LogP contribution in [0.15, 0.2) is 23.1 Å². The highest BCUT2D eigenvalue weighted by Crippen LogP contribution is 2.36. The zero-order valence-corrected chi connectivity index (χ0v) is 13.7. The Balaban J connectivity index is 2.41. The average Bonchev–Trinajstić information content (AvgIpc) is 2.43. The highest BCUT2D eigenvalue weighted by molar-refractivity contribution is 7.99. The molecule has 0 amide bonds. The van der Waals surface area contributed by atoms with Gasteiger partial charge in [-0.2, -0.15) is 5.26 Å². The molecule has 0 aromatic heterocycles. The van der Waals surface area contributed by atoms with Crippen molar-refractivity contribution in [3.8, 4) is 6.07 Å². The first kappa shape index (κ1) is 15.3. The molecule has 1 aromatic rings. The monoisotopic (exact) mass is 288 g/mol. The molecule has 1 saturated heterocycles. The molecule has 0 aliphatic carbocycles. The van der Waals surface area contributed by atoms with Crippen LogP contribution >= 0.6 is 11.8 Å². The lowest BCUT2D eigenvalue weighted by atomic mass is 9.85. The third-order valence-electron chi connectivity index (χ3n) is 4.32. The van der Waals surface area contributed by atoms with E-state index >= 15 is 0 Å². The van der Waals surface area contributed by atoms with Crippen LogP contribution in [-0.4, -0.2) is 18.3 Å². The van der Waals surface area contributed by atoms with Crippen LogP contribution in [0.3, 0.4) is 0 Å². The molecule has 3 atom stereocenters. The molecule has 1 aliphatic rings. The topological polar surface area (TPSA) is 27.0 Å². The summed E-state index contributed by atoms with van der Waals surface area (Å²) in [6.07, 6.45) is 1.28. The maximum atomic E-state index is 9.58. The SMILES string of the molecule is CCSc1cccc(N2CC(C)CC(C)C2C)c1C#N. The van der Waals surface area contributed by atoms with Crippen molar-refractivity contribution in [3.63, 3.8) is 0 Å². The molecule has 2 nitrogen and oxygen atoms in total. The normalized spacial score (nSPS) is 26.4. The number of thioether (sulfide) groups is 1. The zero-order chi connectivity index (χ0) is 14.7. The van der Waals surface area contributed by atoms with Crippen LogP contribution in [0.4, 0.5) is 5.69 Å². The van der Waals surface area contributed by atoms with Gasteiger partial charge in [0, 0.05) is 17.5 Å². The number of piperidine rings is 1. The fraction of sp³-hybridized carbons (Fsp3) is 0.588. The quantitative estimate of drug-likeness (QED) is 0.764. The van der Waals surface area contributed by atoms with Gasteiger partial charge in [0.1, 0.15) is 6.07 Å². The highest BCUT2D eigenvalue weighted by Gasteiger charge is 2.30. The van der Waals surface area contributed by atoms with Crippen LogP contribution < -0.4 is 4.90 Å². The fourth-order valence-corrected chi connectivity index (χ4v) is 3.96. The Labute approximate surface area is 127 Å². The summed E-state index contributed by atoms with van der Waals surface area (Å²) in [7, 11) is 0. The van der Waals surface area contributed by atoms with Gasteiger partial charge in [0.15, 0.2) is 0 Å². The number of benzene rings is 1. The van der Waals surface area contributed by atoms with Crippen molar-refractivity contribution in [1.29, 1.82) is 5.26 Å². The van der Waals surface area contributed by atoms with Crippen molar-refractivity contribution in [2.24, 2.45) is 11.8 Å². The summed E-state index contributed by atoms with van der Waals surface area (Å²) < 4.78 is 0. The molecule has 0 bridgehead atoms. The number of anilines is 1. The minimum absolute atomic E-state index is 0.500. The van der Waals surface area contributed by atoms with E-state index in [0.717, 1.165) is 28.4 Å². The second-order valence-corrected chi connectivity index (χ2v) is 7.21. The van der Waals surface area contributed by atoms with E-state index < -0.39 is 0 Å². The maximum absolute atomic E-state index is 9.58. The van der Waals surface area contributed by atoms with Gasteiger partial charge in [-0.1, -0.05) is 26.8 Å². The summed E-state index contributed by atoms with van der Waals surface area (Å²) in [5, 5.41) is 9.58. The van der Waals surface area contributed by atoms with Gasteiger partial charge in [-0.25, -0.2) is 0 Å². The first-order valence-corrected chi connectivity index (χ1v) is 8.49. The molecule has 20 heavy (non-hydrogen) atoms. The minimum Gasteiger partial charge on any atom is -0.367 e. The van der Waals surface area contributed by atoms with Gasteiger partial charge in [0.05, 0.1) is 11.3 Å². The molecule has 1 aromatic carbocycles. The first-order valence-electron chi connectivity index (χ1n) is 7.51. The number of rotatable bonds is 3. The zero-order valence-electron chi connectivity index (χ0n) is 12.9. The predicted octanol–water partition coefficient (Wildman–Crippen LogP) is 4.54. The molecule has 0 N–H and O–H groups in total. The van der Waals surface area contributed by atoms with E-state index in [4.69, 9.17) is 0 Å². The lowest BCUT2D eigenvalue weighted by Crippen LogP contribution is -2.46. The molecule has 108 valence electrons. The summed E-state index contributed by atoms with van der Waals surface area (Å²) in [4.78, 5) is 3.56. The van der Waals surface area contributed by atoms with E-state index in [0.29, 0.717) is 17.9 Å². The van der Waals surface area contributed by atoms with Gasteiger partial charge >= 0.3 is 0 Å². The van der Waals surface area contributed by atoms with E-state index in [1.54, 1.807) is 11.8 Å². The fourth-order valence-electron chi connectivity index (χ4n) is 3.18. The molecule has 3 unspecified atom stereocenters. The van der Waals surface area contributed by atoms with Crippen molar-refractivity contribution in [2.45, 2.75) is 45.1 Å². The molecule has 1 heterocycles. The lowest BCUT2D eigenvalue weighted by molar-refractivity contribution is 0.297. The van der Waals surface area contributed by atoms with E-state index in [1.165, 1.54) is 6.42 Å². The third kappa shape index (κ3) is 2.96. The Morgan fingerprint density at radius 3 is 2.75 bits per heavy atom. The third-order valence-corrected chi connectivity index (χ3v) is 5.26. The van der Waals surface area contributed by atoms with Crippen molar-refractivity contribution < 1.29 is 0 Å². The van der Waals surface area contributed by atoms with E-state index in [9.17, 15) is 5.26 Å². The summed E-state index contributed by atoms with van der Waals surface area (Å²) in [5.41, 5.74) is 1.98. The summed E-state index contributed by atoms with van der Waals surface area (Å²) in [6, 6.07) is 9.20. The number of hydrogen-bond acceptors (Lipinski definition) is 3. The molecule has 0 spiro atoms. The molecule has 1 fully saturated rings. The van der Waals surface area contributed by atoms with Crippen LogP contribution in [0.5, 0.6) is 0 Å². The second-order valence-electron chi connectivity index (χ2n) is 5.91. The number of nitrogens with zero attached hydrogens (tertiary/aromatic N) is 2. The Hall–Kier alpha value is -1.14. The smallest absolute Gasteiger partial charge is 0.103 e. The number of hydrogen-bond donors (Lipinski definition) is 0. The molecule has 3 heteroatoms. The van der Waals surface area contributed by atoms with E-state index in [-0.39, 0.29) is 0 Å². The van der Waals surface area contributed by atoms with Crippen LogP contribution in [0.25, 0.3) is 0 Å². The molecule has 0 radical (unpaired) electrons. The summed E-state index contributed by atoms with van der Waals surface area (Å²) in [5.74, 6) is 2.36. The van der Waals surface area contributed by atoms with Crippen molar-refractivity contribution in [2.75, 3.05) is 17.2 Å². The van der Waals surface area contributed by atoms with E-state index in [2.05, 4.69) is 56.9 Å². The Morgan fingerprint density at radius 2 is 2.10 bits per heavy atom. The molecular formula is C17H24N2S. The Kier molecular flexibility index (Phi) is 4.99. The largest absolute Gasteiger partial charge is 0.367 e. The van der Waals surface area contributed by atoms with Gasteiger partial charge in [0.25, 0.3) is 0 Å². The van der Waals surface area contributed by atoms with Crippen LogP contribution in [-0.2, 0) is 0 Å². The van der Waals surface area contributed by atoms with Gasteiger partial charge in [-0.15, -0.1) is 11.8 Å². The van der Waals surface area contributed by atoms with Gasteiger partial charge < -0.3 is 4.90 Å². The molecule has 0 saturated carbocycles. The Morgan fingerprint density at radius 1 is 1.35 bits per heavy atom. The van der Waals surface area contributed by atoms with Crippen molar-refractivity contribution in [1.82, 2.24) is 0 Å². The predicted molar refractivity (Wildman–Crippen MR) is 87.3 cm³/mol. The number of nitriles is 1. The van der Waals surface area contributed by atoms with E-state index in [1.807, 2.05) is 0 Å². The second kappa shape index (κ2) is 6.54. The lowest BCUT2D eigenvalue weighted by Gasteiger charge is -2.43. The minimum atomic E-state index is 0.500. The van der Waals surface area contributed by atoms with Gasteiger partial charge in [-0.3, -0.25) is 0 Å². The van der Waals surface area contributed by atoms with Gasteiger partial charge in [0.2, 0.25) is 0 Å². The standard InChI is InChI=1S/C17H24N2S/c1-5-20-17-8-6-7-16(15(17)10-18)19-11-12(2)9-13(3)14(19)4/h6-8,12-14H,5,9,11H2,1-4H3. The highest BCUT2D eigenvalue weighted by atomic mass is 32.2. The summed E-state index contributed by atoms with van der Waals surface area (Å²) in [6.45, 7) is 10.1. The van der Waals surface area contributed by atoms with Crippen molar-refractivity contribution >= 4 is 17.4 Å². The van der Waals surface area contributed by atoms with Crippen LogP contribution in [0.1, 0.15) is 39.7 Å². The average molecular weight is 288 g/mol. The molecular weight excluding hydrogens is 264 g/mol. The summed E-state index contributed by atoms with van der Waals surface area (Å²) >= 11 is 1.76.